The second-order valence-corrected chi connectivity index (χ2v) is 7.46. The van der Waals surface area contributed by atoms with Gasteiger partial charge in [-0.2, -0.15) is 5.10 Å². The number of halogens is 1. The zero-order chi connectivity index (χ0) is 20.1. The molecule has 0 saturated heterocycles. The Hall–Kier alpha value is -2.48. The van der Waals surface area contributed by atoms with Gasteiger partial charge in [-0.05, 0) is 44.0 Å². The number of fused-ring (bicyclic) bond motifs is 1. The van der Waals surface area contributed by atoms with Gasteiger partial charge < -0.3 is 5.32 Å². The average molecular weight is 389 g/mol. The minimum Gasteiger partial charge on any atom is -0.352 e. The van der Waals surface area contributed by atoms with E-state index in [1.165, 1.54) is 12.1 Å². The molecule has 0 aliphatic carbocycles. The van der Waals surface area contributed by atoms with Crippen molar-refractivity contribution in [2.24, 2.45) is 0 Å². The summed E-state index contributed by atoms with van der Waals surface area (Å²) in [6.45, 7) is 4.08. The maximum atomic E-state index is 13.0. The molecular formula is C20H28FN5O2. The number of amides is 1. The molecule has 7 nitrogen and oxygen atoms in total. The highest BCUT2D eigenvalue weighted by Crippen LogP contribution is 2.12. The predicted octanol–water partition coefficient (Wildman–Crippen LogP) is 1.55. The Morgan fingerprint density at radius 1 is 1.32 bits per heavy atom. The van der Waals surface area contributed by atoms with Crippen molar-refractivity contribution >= 4 is 5.91 Å². The Kier molecular flexibility index (Phi) is 6.61. The molecule has 1 aliphatic heterocycles. The highest BCUT2D eigenvalue weighted by molar-refractivity contribution is 5.78. The number of nitrogens with one attached hydrogen (secondary N) is 1. The van der Waals surface area contributed by atoms with Crippen LogP contribution in [0.4, 0.5) is 4.39 Å². The average Bonchev–Trinajstić information content (AvgIpc) is 2.81. The molecule has 1 atom stereocenters. The van der Waals surface area contributed by atoms with Gasteiger partial charge in [0.05, 0.1) is 6.54 Å². The Morgan fingerprint density at radius 2 is 2.07 bits per heavy atom. The summed E-state index contributed by atoms with van der Waals surface area (Å²) < 4.78 is 16.3. The van der Waals surface area contributed by atoms with E-state index < -0.39 is 0 Å². The molecule has 0 fully saturated rings. The van der Waals surface area contributed by atoms with Crippen molar-refractivity contribution in [2.45, 2.75) is 58.3 Å². The number of aryl methyl sites for hydroxylation is 2. The second kappa shape index (κ2) is 9.14. The summed E-state index contributed by atoms with van der Waals surface area (Å²) >= 11 is 0. The summed E-state index contributed by atoms with van der Waals surface area (Å²) in [5.41, 5.74) is 0.905. The van der Waals surface area contributed by atoms with Crippen LogP contribution in [0.2, 0.25) is 0 Å². The molecule has 1 amide bonds. The second-order valence-electron chi connectivity index (χ2n) is 7.46. The number of rotatable bonds is 7. The number of hydrogen-bond donors (Lipinski definition) is 1. The minimum absolute atomic E-state index is 0.0347. The van der Waals surface area contributed by atoms with Crippen molar-refractivity contribution in [1.82, 2.24) is 24.6 Å². The molecule has 28 heavy (non-hydrogen) atoms. The van der Waals surface area contributed by atoms with Crippen molar-refractivity contribution in [3.8, 4) is 0 Å². The first-order chi connectivity index (χ1) is 13.5. The topological polar surface area (TPSA) is 72.2 Å². The van der Waals surface area contributed by atoms with Crippen LogP contribution in [-0.2, 0) is 30.8 Å². The zero-order valence-electron chi connectivity index (χ0n) is 16.5. The van der Waals surface area contributed by atoms with Gasteiger partial charge in [0.15, 0.2) is 0 Å². The molecule has 1 aromatic heterocycles. The quantitative estimate of drug-likeness (QED) is 0.780. The van der Waals surface area contributed by atoms with Crippen LogP contribution in [-0.4, -0.2) is 44.8 Å². The van der Waals surface area contributed by atoms with E-state index in [2.05, 4.69) is 10.4 Å². The van der Waals surface area contributed by atoms with E-state index in [0.717, 1.165) is 30.7 Å². The normalized spacial score (nSPS) is 16.6. The Labute approximate surface area is 164 Å². The van der Waals surface area contributed by atoms with Gasteiger partial charge in [-0.25, -0.2) is 13.9 Å². The molecule has 3 rings (SSSR count). The fourth-order valence-corrected chi connectivity index (χ4v) is 3.61. The monoisotopic (exact) mass is 389 g/mol. The van der Waals surface area contributed by atoms with Crippen LogP contribution in [0.15, 0.2) is 29.1 Å². The van der Waals surface area contributed by atoms with Crippen LogP contribution in [0.1, 0.15) is 37.6 Å². The summed E-state index contributed by atoms with van der Waals surface area (Å²) in [5.74, 6) is 0.500. The lowest BCUT2D eigenvalue weighted by Crippen LogP contribution is -2.41. The lowest BCUT2D eigenvalue weighted by atomic mass is 10.1. The first-order valence-electron chi connectivity index (χ1n) is 9.85. The van der Waals surface area contributed by atoms with Crippen molar-refractivity contribution in [2.75, 3.05) is 13.6 Å². The number of aromatic nitrogens is 3. The third kappa shape index (κ3) is 5.07. The van der Waals surface area contributed by atoms with E-state index in [1.54, 1.807) is 21.4 Å². The van der Waals surface area contributed by atoms with Crippen LogP contribution in [0.5, 0.6) is 0 Å². The molecule has 1 N–H and O–H groups in total. The smallest absolute Gasteiger partial charge is 0.345 e. The number of carbonyl (C=O) groups excluding carboxylic acids is 1. The van der Waals surface area contributed by atoms with Crippen molar-refractivity contribution < 1.29 is 9.18 Å². The van der Waals surface area contributed by atoms with Gasteiger partial charge in [0, 0.05) is 32.1 Å². The van der Waals surface area contributed by atoms with E-state index in [1.807, 2.05) is 18.9 Å². The number of nitrogens with zero attached hydrogens (tertiary/aromatic N) is 4. The third-order valence-corrected chi connectivity index (χ3v) is 5.00. The maximum absolute atomic E-state index is 13.0. The van der Waals surface area contributed by atoms with Gasteiger partial charge in [0.25, 0.3) is 0 Å². The fraction of sp³-hybridized carbons (Fsp3) is 0.550. The molecule has 152 valence electrons. The van der Waals surface area contributed by atoms with Gasteiger partial charge >= 0.3 is 5.69 Å². The Morgan fingerprint density at radius 3 is 2.79 bits per heavy atom. The van der Waals surface area contributed by atoms with E-state index in [4.69, 9.17) is 0 Å². The fourth-order valence-electron chi connectivity index (χ4n) is 3.61. The van der Waals surface area contributed by atoms with E-state index in [-0.39, 0.29) is 30.0 Å². The molecule has 1 aromatic carbocycles. The van der Waals surface area contributed by atoms with E-state index in [9.17, 15) is 14.0 Å². The Balaban J connectivity index is 1.49. The van der Waals surface area contributed by atoms with E-state index in [0.29, 0.717) is 26.1 Å². The number of benzene rings is 1. The molecule has 0 bridgehead atoms. The van der Waals surface area contributed by atoms with Gasteiger partial charge in [0.2, 0.25) is 5.91 Å². The lowest BCUT2D eigenvalue weighted by molar-refractivity contribution is -0.122. The number of hydrogen-bond acceptors (Lipinski definition) is 4. The lowest BCUT2D eigenvalue weighted by Gasteiger charge is -2.20. The summed E-state index contributed by atoms with van der Waals surface area (Å²) in [4.78, 5) is 26.7. The molecule has 2 heterocycles. The summed E-state index contributed by atoms with van der Waals surface area (Å²) in [6, 6.07) is 6.33. The molecule has 0 saturated carbocycles. The minimum atomic E-state index is -0.265. The van der Waals surface area contributed by atoms with Gasteiger partial charge in [-0.15, -0.1) is 0 Å². The molecule has 8 heteroatoms. The van der Waals surface area contributed by atoms with Crippen LogP contribution in [0.25, 0.3) is 0 Å². The summed E-state index contributed by atoms with van der Waals surface area (Å²) in [5, 5.41) is 7.51. The molecule has 1 unspecified atom stereocenters. The SMILES string of the molecule is CCCn1nc2n(c1=O)CCC(NC(=O)CN(C)Cc1ccc(F)cc1)CC2. The van der Waals surface area contributed by atoms with Crippen LogP contribution < -0.4 is 11.0 Å². The maximum Gasteiger partial charge on any atom is 0.345 e. The predicted molar refractivity (Wildman–Crippen MR) is 104 cm³/mol. The van der Waals surface area contributed by atoms with Crippen molar-refractivity contribution in [1.29, 1.82) is 0 Å². The third-order valence-electron chi connectivity index (χ3n) is 5.00. The highest BCUT2D eigenvalue weighted by Gasteiger charge is 2.22. The number of likely N-dealkylation sites (N-methyl/N-ethyl adjacent to an activating group) is 1. The molecular weight excluding hydrogens is 361 g/mol. The standard InChI is InChI=1S/C20H28FN5O2/c1-3-11-26-20(28)25-12-10-17(8-9-18(25)23-26)22-19(27)14-24(2)13-15-4-6-16(21)7-5-15/h4-7,17H,3,8-14H2,1-2H3,(H,22,27). The van der Waals surface area contributed by atoms with Crippen LogP contribution in [0, 0.1) is 5.82 Å². The zero-order valence-corrected chi connectivity index (χ0v) is 16.5. The summed E-state index contributed by atoms with van der Waals surface area (Å²) in [7, 11) is 1.86. The van der Waals surface area contributed by atoms with Gasteiger partial charge in [0.1, 0.15) is 11.6 Å². The van der Waals surface area contributed by atoms with Crippen LogP contribution >= 0.6 is 0 Å². The Bertz CT molecular complexity index is 858. The van der Waals surface area contributed by atoms with Gasteiger partial charge in [-0.3, -0.25) is 14.3 Å². The van der Waals surface area contributed by atoms with E-state index >= 15 is 0 Å². The first kappa shape index (κ1) is 20.3. The molecule has 1 aliphatic rings. The first-order valence-corrected chi connectivity index (χ1v) is 9.85. The van der Waals surface area contributed by atoms with Crippen molar-refractivity contribution in [3.63, 3.8) is 0 Å². The van der Waals surface area contributed by atoms with Gasteiger partial charge in [-0.1, -0.05) is 19.1 Å². The molecule has 0 radical (unpaired) electrons. The summed E-state index contributed by atoms with van der Waals surface area (Å²) in [6.07, 6.45) is 3.05. The molecule has 2 aromatic rings. The largest absolute Gasteiger partial charge is 0.352 e. The van der Waals surface area contributed by atoms with Crippen molar-refractivity contribution in [3.05, 3.63) is 52.0 Å². The highest BCUT2D eigenvalue weighted by atomic mass is 19.1. The number of carbonyl (C=O) groups is 1. The molecule has 0 spiro atoms. The van der Waals surface area contributed by atoms with Crippen LogP contribution in [0.3, 0.4) is 0 Å².